The van der Waals surface area contributed by atoms with Crippen molar-refractivity contribution in [3.05, 3.63) is 59.9 Å². The van der Waals surface area contributed by atoms with Crippen LogP contribution in [-0.2, 0) is 21.4 Å². The predicted octanol–water partition coefficient (Wildman–Crippen LogP) is 3.28. The number of piperidine rings is 1. The van der Waals surface area contributed by atoms with Gasteiger partial charge in [-0.2, -0.15) is 4.31 Å². The summed E-state index contributed by atoms with van der Waals surface area (Å²) >= 11 is 0. The first-order valence-corrected chi connectivity index (χ1v) is 11.5. The van der Waals surface area contributed by atoms with Crippen LogP contribution in [0.5, 0.6) is 5.75 Å². The minimum atomic E-state index is -3.70. The van der Waals surface area contributed by atoms with E-state index in [9.17, 15) is 17.6 Å². The highest BCUT2D eigenvalue weighted by Crippen LogP contribution is 2.26. The van der Waals surface area contributed by atoms with E-state index in [0.717, 1.165) is 0 Å². The predicted molar refractivity (Wildman–Crippen MR) is 112 cm³/mol. The Morgan fingerprint density at radius 3 is 2.57 bits per heavy atom. The van der Waals surface area contributed by atoms with Gasteiger partial charge in [0.2, 0.25) is 15.9 Å². The number of nitrogens with zero attached hydrogens (tertiary/aromatic N) is 2. The van der Waals surface area contributed by atoms with Crippen LogP contribution in [0.3, 0.4) is 0 Å². The Morgan fingerprint density at radius 1 is 1.20 bits per heavy atom. The number of hydrogen-bond donors (Lipinski definition) is 0. The Labute approximate surface area is 177 Å². The van der Waals surface area contributed by atoms with Gasteiger partial charge < -0.3 is 9.64 Å². The molecule has 0 aliphatic carbocycles. The quantitative estimate of drug-likeness (QED) is 0.671. The minimum Gasteiger partial charge on any atom is -0.494 e. The molecule has 1 aliphatic heterocycles. The number of sulfonamides is 1. The van der Waals surface area contributed by atoms with Gasteiger partial charge >= 0.3 is 0 Å². The standard InChI is InChI=1S/C22H27FN2O4S/c1-3-29-19-10-12-20(13-11-19)30(27,28)25-14-6-8-18(16-25)22(26)24(2)15-17-7-4-5-9-21(17)23/h4-5,7,9-13,18H,3,6,8,14-16H2,1-2H3/t18-/m0/s1. The maximum Gasteiger partial charge on any atom is 0.243 e. The van der Waals surface area contributed by atoms with Crippen molar-refractivity contribution >= 4 is 15.9 Å². The molecule has 0 spiro atoms. The number of amides is 1. The zero-order chi connectivity index (χ0) is 21.7. The highest BCUT2D eigenvalue weighted by Gasteiger charge is 2.34. The van der Waals surface area contributed by atoms with Crippen molar-refractivity contribution in [2.45, 2.75) is 31.2 Å². The summed E-state index contributed by atoms with van der Waals surface area (Å²) in [5.41, 5.74) is 0.433. The molecule has 1 heterocycles. The lowest BCUT2D eigenvalue weighted by atomic mass is 9.98. The summed E-state index contributed by atoms with van der Waals surface area (Å²) in [5, 5.41) is 0. The van der Waals surface area contributed by atoms with Gasteiger partial charge in [-0.25, -0.2) is 12.8 Å². The van der Waals surface area contributed by atoms with E-state index in [1.165, 1.54) is 27.4 Å². The van der Waals surface area contributed by atoms with E-state index in [2.05, 4.69) is 0 Å². The van der Waals surface area contributed by atoms with Gasteiger partial charge in [0.1, 0.15) is 11.6 Å². The van der Waals surface area contributed by atoms with E-state index in [-0.39, 0.29) is 29.7 Å². The van der Waals surface area contributed by atoms with Gasteiger partial charge in [0.05, 0.1) is 17.4 Å². The number of carbonyl (C=O) groups is 1. The van der Waals surface area contributed by atoms with Crippen LogP contribution in [0.15, 0.2) is 53.4 Å². The van der Waals surface area contributed by atoms with Crippen molar-refractivity contribution in [3.63, 3.8) is 0 Å². The van der Waals surface area contributed by atoms with Crippen LogP contribution in [0.4, 0.5) is 4.39 Å². The molecule has 3 rings (SSSR count). The second kappa shape index (κ2) is 9.57. The maximum absolute atomic E-state index is 13.9. The zero-order valence-corrected chi connectivity index (χ0v) is 18.1. The monoisotopic (exact) mass is 434 g/mol. The average Bonchev–Trinajstić information content (AvgIpc) is 2.75. The molecule has 8 heteroatoms. The smallest absolute Gasteiger partial charge is 0.243 e. The number of rotatable bonds is 7. The summed E-state index contributed by atoms with van der Waals surface area (Å²) in [7, 11) is -2.08. The van der Waals surface area contributed by atoms with Crippen molar-refractivity contribution in [2.75, 3.05) is 26.7 Å². The van der Waals surface area contributed by atoms with Crippen LogP contribution in [0.1, 0.15) is 25.3 Å². The maximum atomic E-state index is 13.9. The van der Waals surface area contributed by atoms with Crippen LogP contribution < -0.4 is 4.74 Å². The van der Waals surface area contributed by atoms with Gasteiger partial charge in [-0.15, -0.1) is 0 Å². The fourth-order valence-electron chi connectivity index (χ4n) is 3.66. The second-order valence-electron chi connectivity index (χ2n) is 7.39. The molecule has 0 radical (unpaired) electrons. The minimum absolute atomic E-state index is 0.121. The van der Waals surface area contributed by atoms with Crippen LogP contribution in [0.25, 0.3) is 0 Å². The summed E-state index contributed by atoms with van der Waals surface area (Å²) in [4.78, 5) is 14.6. The SMILES string of the molecule is CCOc1ccc(S(=O)(=O)N2CCC[C@H](C(=O)N(C)Cc3ccccc3F)C2)cc1. The topological polar surface area (TPSA) is 66.9 Å². The van der Waals surface area contributed by atoms with E-state index in [1.54, 1.807) is 37.4 Å². The summed E-state index contributed by atoms with van der Waals surface area (Å²) in [5.74, 6) is -0.378. The van der Waals surface area contributed by atoms with E-state index >= 15 is 0 Å². The molecule has 1 saturated heterocycles. The van der Waals surface area contributed by atoms with Gasteiger partial charge in [0.15, 0.2) is 0 Å². The van der Waals surface area contributed by atoms with Crippen molar-refractivity contribution < 1.29 is 22.3 Å². The second-order valence-corrected chi connectivity index (χ2v) is 9.33. The number of benzene rings is 2. The molecule has 0 aromatic heterocycles. The van der Waals surface area contributed by atoms with Crippen LogP contribution in [0.2, 0.25) is 0 Å². The Bertz CT molecular complexity index is 979. The first-order valence-electron chi connectivity index (χ1n) is 10.0. The van der Waals surface area contributed by atoms with E-state index in [0.29, 0.717) is 37.3 Å². The number of ether oxygens (including phenoxy) is 1. The summed E-state index contributed by atoms with van der Waals surface area (Å²) < 4.78 is 46.7. The molecule has 1 fully saturated rings. The molecule has 6 nitrogen and oxygen atoms in total. The van der Waals surface area contributed by atoms with Gasteiger partial charge in [0, 0.05) is 32.2 Å². The van der Waals surface area contributed by atoms with Crippen LogP contribution >= 0.6 is 0 Å². The van der Waals surface area contributed by atoms with Crippen LogP contribution in [-0.4, -0.2) is 50.3 Å². The number of carbonyl (C=O) groups excluding carboxylic acids is 1. The van der Waals surface area contributed by atoms with Crippen molar-refractivity contribution in [1.82, 2.24) is 9.21 Å². The molecule has 1 atom stereocenters. The normalized spacial score (nSPS) is 17.5. The average molecular weight is 435 g/mol. The molecule has 162 valence electrons. The molecule has 1 amide bonds. The third-order valence-corrected chi connectivity index (χ3v) is 7.13. The summed E-state index contributed by atoms with van der Waals surface area (Å²) in [6, 6.07) is 12.6. The highest BCUT2D eigenvalue weighted by molar-refractivity contribution is 7.89. The lowest BCUT2D eigenvalue weighted by Crippen LogP contribution is -2.45. The molecule has 0 N–H and O–H groups in total. The van der Waals surface area contributed by atoms with Crippen molar-refractivity contribution in [3.8, 4) is 5.75 Å². The molecule has 0 saturated carbocycles. The Morgan fingerprint density at radius 2 is 1.90 bits per heavy atom. The highest BCUT2D eigenvalue weighted by atomic mass is 32.2. The zero-order valence-electron chi connectivity index (χ0n) is 17.3. The first-order chi connectivity index (χ1) is 14.3. The summed E-state index contributed by atoms with van der Waals surface area (Å²) in [6.45, 7) is 3.00. The van der Waals surface area contributed by atoms with Crippen molar-refractivity contribution in [2.24, 2.45) is 5.92 Å². The van der Waals surface area contributed by atoms with Gasteiger partial charge in [0.25, 0.3) is 0 Å². The molecule has 0 bridgehead atoms. The lowest BCUT2D eigenvalue weighted by Gasteiger charge is -2.33. The molecular formula is C22H27FN2O4S. The fraction of sp³-hybridized carbons (Fsp3) is 0.409. The van der Waals surface area contributed by atoms with Gasteiger partial charge in [-0.1, -0.05) is 18.2 Å². The molecule has 30 heavy (non-hydrogen) atoms. The van der Waals surface area contributed by atoms with Gasteiger partial charge in [-0.3, -0.25) is 4.79 Å². The largest absolute Gasteiger partial charge is 0.494 e. The van der Waals surface area contributed by atoms with Crippen LogP contribution in [0, 0.1) is 11.7 Å². The van der Waals surface area contributed by atoms with E-state index in [1.807, 2.05) is 6.92 Å². The molecule has 2 aromatic carbocycles. The van der Waals surface area contributed by atoms with Crippen molar-refractivity contribution in [1.29, 1.82) is 0 Å². The third-order valence-electron chi connectivity index (χ3n) is 5.25. The van der Waals surface area contributed by atoms with E-state index < -0.39 is 15.9 Å². The number of halogens is 1. The molecule has 2 aromatic rings. The molecule has 1 aliphatic rings. The summed E-state index contributed by atoms with van der Waals surface area (Å²) in [6.07, 6.45) is 1.20. The molecular weight excluding hydrogens is 407 g/mol. The Balaban J connectivity index is 1.69. The molecule has 0 unspecified atom stereocenters. The Kier molecular flexibility index (Phi) is 7.10. The fourth-order valence-corrected chi connectivity index (χ4v) is 5.18. The first kappa shape index (κ1) is 22.2. The Hall–Kier alpha value is -2.45. The lowest BCUT2D eigenvalue weighted by molar-refractivity contribution is -0.135. The number of hydrogen-bond acceptors (Lipinski definition) is 4. The van der Waals surface area contributed by atoms with E-state index in [4.69, 9.17) is 4.74 Å². The van der Waals surface area contributed by atoms with Gasteiger partial charge in [-0.05, 0) is 50.1 Å². The third kappa shape index (κ3) is 4.99.